The van der Waals surface area contributed by atoms with Crippen molar-refractivity contribution >= 4 is 17.4 Å². The monoisotopic (exact) mass is 347 g/mol. The largest absolute Gasteiger partial charge is 0.481 e. The van der Waals surface area contributed by atoms with Crippen LogP contribution in [0.2, 0.25) is 0 Å². The summed E-state index contributed by atoms with van der Waals surface area (Å²) in [4.78, 5) is 16.2. The molecule has 0 bridgehead atoms. The van der Waals surface area contributed by atoms with Crippen LogP contribution in [0.25, 0.3) is 11.1 Å². The van der Waals surface area contributed by atoms with Crippen LogP contribution < -0.4 is 0 Å². The number of carboxylic acids is 1. The first kappa shape index (κ1) is 17.0. The highest BCUT2D eigenvalue weighted by Gasteiger charge is 2.44. The van der Waals surface area contributed by atoms with Gasteiger partial charge in [-0.05, 0) is 59.7 Å². The SMILES string of the molecule is CCC1(CCC(=O)O)c2ccccc2-c2cc3c(cc21)N=C(C)C3(C)C. The first-order chi connectivity index (χ1) is 12.3. The van der Waals surface area contributed by atoms with Gasteiger partial charge in [-0.1, -0.05) is 45.0 Å². The molecular weight excluding hydrogens is 322 g/mol. The molecule has 1 aliphatic heterocycles. The zero-order chi connectivity index (χ0) is 18.7. The van der Waals surface area contributed by atoms with E-state index in [1.54, 1.807) is 0 Å². The fourth-order valence-electron chi connectivity index (χ4n) is 4.74. The van der Waals surface area contributed by atoms with Crippen LogP contribution in [-0.2, 0) is 15.6 Å². The predicted molar refractivity (Wildman–Crippen MR) is 106 cm³/mol. The minimum absolute atomic E-state index is 0.0577. The van der Waals surface area contributed by atoms with Gasteiger partial charge in [0.15, 0.2) is 0 Å². The van der Waals surface area contributed by atoms with Crippen LogP contribution >= 0.6 is 0 Å². The number of rotatable bonds is 4. The van der Waals surface area contributed by atoms with Gasteiger partial charge in [-0.25, -0.2) is 0 Å². The third kappa shape index (κ3) is 2.13. The second kappa shape index (κ2) is 5.54. The maximum Gasteiger partial charge on any atom is 0.303 e. The second-order valence-electron chi connectivity index (χ2n) is 8.11. The molecule has 26 heavy (non-hydrogen) atoms. The van der Waals surface area contributed by atoms with Gasteiger partial charge in [0, 0.05) is 23.0 Å². The third-order valence-electron chi connectivity index (χ3n) is 6.62. The summed E-state index contributed by atoms with van der Waals surface area (Å²) >= 11 is 0. The summed E-state index contributed by atoms with van der Waals surface area (Å²) in [6, 6.07) is 13.0. The number of carboxylic acid groups (broad SMARTS) is 1. The van der Waals surface area contributed by atoms with Gasteiger partial charge >= 0.3 is 5.97 Å². The lowest BCUT2D eigenvalue weighted by Crippen LogP contribution is -2.26. The predicted octanol–water partition coefficient (Wildman–Crippen LogP) is 5.61. The van der Waals surface area contributed by atoms with Crippen molar-refractivity contribution in [3.63, 3.8) is 0 Å². The highest BCUT2D eigenvalue weighted by Crippen LogP contribution is 2.56. The molecule has 0 spiro atoms. The van der Waals surface area contributed by atoms with E-state index in [0.717, 1.165) is 17.8 Å². The zero-order valence-corrected chi connectivity index (χ0v) is 15.9. The summed E-state index contributed by atoms with van der Waals surface area (Å²) in [5, 5.41) is 9.32. The molecule has 0 saturated heterocycles. The van der Waals surface area contributed by atoms with E-state index in [9.17, 15) is 9.90 Å². The van der Waals surface area contributed by atoms with Crippen molar-refractivity contribution in [1.29, 1.82) is 0 Å². The van der Waals surface area contributed by atoms with Crippen LogP contribution in [0.4, 0.5) is 5.69 Å². The molecule has 3 nitrogen and oxygen atoms in total. The molecule has 134 valence electrons. The molecule has 3 heteroatoms. The molecule has 1 N–H and O–H groups in total. The lowest BCUT2D eigenvalue weighted by Gasteiger charge is -2.31. The van der Waals surface area contributed by atoms with Crippen LogP contribution in [0.15, 0.2) is 41.4 Å². The van der Waals surface area contributed by atoms with E-state index in [-0.39, 0.29) is 17.3 Å². The molecule has 2 aliphatic rings. The Bertz CT molecular complexity index is 955. The maximum atomic E-state index is 11.3. The van der Waals surface area contributed by atoms with Crippen molar-refractivity contribution in [3.05, 3.63) is 53.1 Å². The molecule has 2 aromatic rings. The topological polar surface area (TPSA) is 49.7 Å². The van der Waals surface area contributed by atoms with Crippen molar-refractivity contribution in [2.45, 2.75) is 57.8 Å². The summed E-state index contributed by atoms with van der Waals surface area (Å²) in [5.41, 5.74) is 8.17. The van der Waals surface area contributed by atoms with Crippen molar-refractivity contribution < 1.29 is 9.90 Å². The van der Waals surface area contributed by atoms with Gasteiger partial charge in [0.2, 0.25) is 0 Å². The Morgan fingerprint density at radius 2 is 1.81 bits per heavy atom. The number of carbonyl (C=O) groups is 1. The highest BCUT2D eigenvalue weighted by molar-refractivity contribution is 6.01. The van der Waals surface area contributed by atoms with Gasteiger partial charge in [0.1, 0.15) is 0 Å². The average Bonchev–Trinajstić information content (AvgIpc) is 3.01. The van der Waals surface area contributed by atoms with Crippen LogP contribution in [-0.4, -0.2) is 16.8 Å². The zero-order valence-electron chi connectivity index (χ0n) is 15.9. The molecule has 1 unspecified atom stereocenters. The molecule has 1 heterocycles. The van der Waals surface area contributed by atoms with Crippen molar-refractivity contribution in [1.82, 2.24) is 0 Å². The van der Waals surface area contributed by atoms with Crippen LogP contribution in [0, 0.1) is 0 Å². The molecule has 0 saturated carbocycles. The Kier molecular flexibility index (Phi) is 3.62. The lowest BCUT2D eigenvalue weighted by molar-refractivity contribution is -0.137. The summed E-state index contributed by atoms with van der Waals surface area (Å²) in [7, 11) is 0. The minimum Gasteiger partial charge on any atom is -0.481 e. The fourth-order valence-corrected chi connectivity index (χ4v) is 4.74. The van der Waals surface area contributed by atoms with Crippen molar-refractivity contribution in [3.8, 4) is 11.1 Å². The molecule has 0 fully saturated rings. The van der Waals surface area contributed by atoms with E-state index in [0.29, 0.717) is 6.42 Å². The highest BCUT2D eigenvalue weighted by atomic mass is 16.4. The van der Waals surface area contributed by atoms with E-state index < -0.39 is 5.97 Å². The van der Waals surface area contributed by atoms with E-state index in [4.69, 9.17) is 4.99 Å². The Morgan fingerprint density at radius 1 is 1.08 bits per heavy atom. The molecule has 1 aliphatic carbocycles. The van der Waals surface area contributed by atoms with Gasteiger partial charge in [-0.2, -0.15) is 0 Å². The summed E-state index contributed by atoms with van der Waals surface area (Å²) < 4.78 is 0. The van der Waals surface area contributed by atoms with Gasteiger partial charge in [0.25, 0.3) is 0 Å². The number of aliphatic imine (C=N–C) groups is 1. The number of hydrogen-bond acceptors (Lipinski definition) is 2. The van der Waals surface area contributed by atoms with Crippen molar-refractivity contribution in [2.75, 3.05) is 0 Å². The van der Waals surface area contributed by atoms with Gasteiger partial charge in [0.05, 0.1) is 5.69 Å². The smallest absolute Gasteiger partial charge is 0.303 e. The normalized spacial score (nSPS) is 21.8. The summed E-state index contributed by atoms with van der Waals surface area (Å²) in [6.07, 6.45) is 1.68. The van der Waals surface area contributed by atoms with Gasteiger partial charge in [-0.15, -0.1) is 0 Å². The summed E-state index contributed by atoms with van der Waals surface area (Å²) in [6.45, 7) is 8.71. The fraction of sp³-hybridized carbons (Fsp3) is 0.391. The van der Waals surface area contributed by atoms with Gasteiger partial charge in [-0.3, -0.25) is 9.79 Å². The van der Waals surface area contributed by atoms with E-state index in [2.05, 4.69) is 64.1 Å². The van der Waals surface area contributed by atoms with E-state index in [1.165, 1.54) is 27.8 Å². The van der Waals surface area contributed by atoms with Crippen LogP contribution in [0.1, 0.15) is 63.6 Å². The molecule has 0 aromatic heterocycles. The number of nitrogens with zero attached hydrogens (tertiary/aromatic N) is 1. The summed E-state index contributed by atoms with van der Waals surface area (Å²) in [5.74, 6) is -0.736. The quantitative estimate of drug-likeness (QED) is 0.781. The Balaban J connectivity index is 1.98. The standard InChI is InChI=1S/C23H25NO2/c1-5-23(11-10-21(25)26)17-9-7-6-8-15(17)16-12-19-20(13-18(16)23)24-14(2)22(19,3)4/h6-9,12-13H,5,10-11H2,1-4H3,(H,25,26). The number of benzene rings is 2. The third-order valence-corrected chi connectivity index (χ3v) is 6.62. The molecule has 4 rings (SSSR count). The van der Waals surface area contributed by atoms with Crippen LogP contribution in [0.5, 0.6) is 0 Å². The molecule has 1 atom stereocenters. The molecule has 0 amide bonds. The Hall–Kier alpha value is -2.42. The van der Waals surface area contributed by atoms with E-state index >= 15 is 0 Å². The first-order valence-corrected chi connectivity index (χ1v) is 9.37. The average molecular weight is 347 g/mol. The maximum absolute atomic E-state index is 11.3. The molecule has 2 aromatic carbocycles. The number of fused-ring (bicyclic) bond motifs is 4. The van der Waals surface area contributed by atoms with Crippen LogP contribution in [0.3, 0.4) is 0 Å². The Morgan fingerprint density at radius 3 is 2.50 bits per heavy atom. The number of hydrogen-bond donors (Lipinski definition) is 1. The van der Waals surface area contributed by atoms with Gasteiger partial charge < -0.3 is 5.11 Å². The van der Waals surface area contributed by atoms with Crippen molar-refractivity contribution in [2.24, 2.45) is 4.99 Å². The molecular formula is C23H25NO2. The minimum atomic E-state index is -0.736. The molecule has 0 radical (unpaired) electrons. The second-order valence-corrected chi connectivity index (χ2v) is 8.11. The Labute approximate surface area is 154 Å². The number of aliphatic carboxylic acids is 1. The first-order valence-electron chi connectivity index (χ1n) is 9.37. The van der Waals surface area contributed by atoms with E-state index in [1.807, 2.05) is 0 Å². The lowest BCUT2D eigenvalue weighted by atomic mass is 9.72.